The summed E-state index contributed by atoms with van der Waals surface area (Å²) >= 11 is 5.14. The van der Waals surface area contributed by atoms with E-state index < -0.39 is 0 Å². The van der Waals surface area contributed by atoms with Crippen molar-refractivity contribution in [2.45, 2.75) is 52.4 Å². The third-order valence-corrected chi connectivity index (χ3v) is 3.66. The summed E-state index contributed by atoms with van der Waals surface area (Å²) in [4.78, 5) is 23.8. The molecule has 1 aromatic carbocycles. The highest BCUT2D eigenvalue weighted by Crippen LogP contribution is 2.11. The lowest BCUT2D eigenvalue weighted by atomic mass is 10.2. The molecule has 0 aliphatic rings. The Kier molecular flexibility index (Phi) is 9.68. The molecule has 0 radical (unpaired) electrons. The molecular weight excluding hydrogens is 322 g/mol. The van der Waals surface area contributed by atoms with Crippen molar-refractivity contribution in [3.8, 4) is 0 Å². The van der Waals surface area contributed by atoms with Gasteiger partial charge in [0.15, 0.2) is 5.11 Å². The molecule has 0 unspecified atom stereocenters. The summed E-state index contributed by atoms with van der Waals surface area (Å²) in [7, 11) is 0. The van der Waals surface area contributed by atoms with E-state index >= 15 is 0 Å². The van der Waals surface area contributed by atoms with E-state index in [4.69, 9.17) is 12.2 Å². The van der Waals surface area contributed by atoms with Gasteiger partial charge < -0.3 is 16.0 Å². The highest BCUT2D eigenvalue weighted by atomic mass is 32.1. The van der Waals surface area contributed by atoms with Gasteiger partial charge in [-0.15, -0.1) is 0 Å². The zero-order chi connectivity index (χ0) is 17.8. The van der Waals surface area contributed by atoms with Gasteiger partial charge in [0, 0.05) is 24.2 Å². The minimum Gasteiger partial charge on any atom is -0.352 e. The highest BCUT2D eigenvalue weighted by molar-refractivity contribution is 7.80. The molecule has 1 aromatic rings. The quantitative estimate of drug-likeness (QED) is 0.470. The molecule has 0 spiro atoms. The van der Waals surface area contributed by atoms with Crippen LogP contribution in [0.3, 0.4) is 0 Å². The van der Waals surface area contributed by atoms with Gasteiger partial charge in [0.1, 0.15) is 0 Å². The van der Waals surface area contributed by atoms with E-state index in [1.165, 1.54) is 0 Å². The molecule has 0 saturated carbocycles. The van der Waals surface area contributed by atoms with Crippen molar-refractivity contribution in [1.29, 1.82) is 0 Å². The number of rotatable bonds is 9. The lowest BCUT2D eigenvalue weighted by molar-refractivity contribution is -0.119. The second-order valence-corrected chi connectivity index (χ2v) is 6.06. The molecule has 1 rings (SSSR count). The molecule has 0 fully saturated rings. The van der Waals surface area contributed by atoms with Gasteiger partial charge in [-0.05, 0) is 43.3 Å². The first-order chi connectivity index (χ1) is 11.6. The first-order valence-electron chi connectivity index (χ1n) is 8.56. The van der Waals surface area contributed by atoms with Crippen LogP contribution in [0.2, 0.25) is 0 Å². The fourth-order valence-electron chi connectivity index (χ4n) is 2.11. The number of nitrogens with one attached hydrogen (secondary N) is 3. The Bertz CT molecular complexity index is 561. The average Bonchev–Trinajstić information content (AvgIpc) is 2.55. The van der Waals surface area contributed by atoms with Crippen LogP contribution in [0.4, 0.5) is 5.69 Å². The SMILES string of the molecule is CCCCCC(=O)NC(=S)Nc1cccc(C(=O)NCCCC)c1. The number of benzene rings is 1. The van der Waals surface area contributed by atoms with Crippen molar-refractivity contribution in [3.05, 3.63) is 29.8 Å². The summed E-state index contributed by atoms with van der Waals surface area (Å²) in [5.74, 6) is -0.198. The number of unbranched alkanes of at least 4 members (excludes halogenated alkanes) is 3. The second-order valence-electron chi connectivity index (χ2n) is 5.65. The molecule has 24 heavy (non-hydrogen) atoms. The second kappa shape index (κ2) is 11.6. The smallest absolute Gasteiger partial charge is 0.251 e. The van der Waals surface area contributed by atoms with Gasteiger partial charge in [-0.3, -0.25) is 9.59 Å². The first-order valence-corrected chi connectivity index (χ1v) is 8.96. The number of carbonyl (C=O) groups excluding carboxylic acids is 2. The standard InChI is InChI=1S/C18H27N3O2S/c1-3-5-7-11-16(22)21-18(24)20-15-10-8-9-14(13-15)17(23)19-12-6-4-2/h8-10,13H,3-7,11-12H2,1-2H3,(H,19,23)(H2,20,21,22,24). The third-order valence-electron chi connectivity index (χ3n) is 3.46. The van der Waals surface area contributed by atoms with Crippen LogP contribution in [-0.4, -0.2) is 23.5 Å². The number of thiocarbonyl (C=S) groups is 1. The Morgan fingerprint density at radius 1 is 1.08 bits per heavy atom. The number of amides is 2. The molecule has 0 bridgehead atoms. The fourth-order valence-corrected chi connectivity index (χ4v) is 2.34. The highest BCUT2D eigenvalue weighted by Gasteiger charge is 2.08. The summed E-state index contributed by atoms with van der Waals surface area (Å²) in [6.45, 7) is 4.84. The van der Waals surface area contributed by atoms with E-state index in [9.17, 15) is 9.59 Å². The normalized spacial score (nSPS) is 10.1. The van der Waals surface area contributed by atoms with Crippen molar-refractivity contribution in [2.75, 3.05) is 11.9 Å². The molecule has 3 N–H and O–H groups in total. The molecule has 0 aromatic heterocycles. The van der Waals surface area contributed by atoms with E-state index in [1.807, 2.05) is 0 Å². The van der Waals surface area contributed by atoms with E-state index in [1.54, 1.807) is 24.3 Å². The number of anilines is 1. The van der Waals surface area contributed by atoms with E-state index in [0.717, 1.165) is 32.1 Å². The molecule has 0 heterocycles. The lowest BCUT2D eigenvalue weighted by Crippen LogP contribution is -2.34. The van der Waals surface area contributed by atoms with Crippen LogP contribution in [0, 0.1) is 0 Å². The zero-order valence-corrected chi connectivity index (χ0v) is 15.3. The predicted molar refractivity (Wildman–Crippen MR) is 102 cm³/mol. The molecule has 5 nitrogen and oxygen atoms in total. The summed E-state index contributed by atoms with van der Waals surface area (Å²) in [6.07, 6.45) is 5.42. The van der Waals surface area contributed by atoms with Crippen molar-refractivity contribution < 1.29 is 9.59 Å². The van der Waals surface area contributed by atoms with Gasteiger partial charge in [-0.25, -0.2) is 0 Å². The Morgan fingerprint density at radius 2 is 1.83 bits per heavy atom. The van der Waals surface area contributed by atoms with E-state index in [-0.39, 0.29) is 16.9 Å². The van der Waals surface area contributed by atoms with Crippen molar-refractivity contribution in [3.63, 3.8) is 0 Å². The molecular formula is C18H27N3O2S. The van der Waals surface area contributed by atoms with Gasteiger partial charge >= 0.3 is 0 Å². The number of hydrogen-bond donors (Lipinski definition) is 3. The monoisotopic (exact) mass is 349 g/mol. The van der Waals surface area contributed by atoms with Crippen LogP contribution < -0.4 is 16.0 Å². The zero-order valence-electron chi connectivity index (χ0n) is 14.5. The topological polar surface area (TPSA) is 70.2 Å². The fraction of sp³-hybridized carbons (Fsp3) is 0.500. The van der Waals surface area contributed by atoms with Crippen LogP contribution in [0.25, 0.3) is 0 Å². The molecule has 0 saturated heterocycles. The molecule has 0 aliphatic carbocycles. The Labute approximate surface area is 149 Å². The average molecular weight is 350 g/mol. The third kappa shape index (κ3) is 8.06. The molecule has 0 aliphatic heterocycles. The van der Waals surface area contributed by atoms with Gasteiger partial charge in [-0.2, -0.15) is 0 Å². The number of hydrogen-bond acceptors (Lipinski definition) is 3. The Hall–Kier alpha value is -1.95. The van der Waals surface area contributed by atoms with Crippen LogP contribution in [-0.2, 0) is 4.79 Å². The summed E-state index contributed by atoms with van der Waals surface area (Å²) in [6, 6.07) is 7.05. The van der Waals surface area contributed by atoms with E-state index in [0.29, 0.717) is 24.2 Å². The first kappa shape index (κ1) is 20.1. The maximum atomic E-state index is 12.0. The van der Waals surface area contributed by atoms with Crippen LogP contribution >= 0.6 is 12.2 Å². The minimum atomic E-state index is -0.110. The largest absolute Gasteiger partial charge is 0.352 e. The van der Waals surface area contributed by atoms with Crippen molar-refractivity contribution in [1.82, 2.24) is 10.6 Å². The molecule has 0 atom stereocenters. The van der Waals surface area contributed by atoms with E-state index in [2.05, 4.69) is 29.8 Å². The Morgan fingerprint density at radius 3 is 2.54 bits per heavy atom. The van der Waals surface area contributed by atoms with Crippen LogP contribution in [0.15, 0.2) is 24.3 Å². The van der Waals surface area contributed by atoms with Crippen LogP contribution in [0.5, 0.6) is 0 Å². The summed E-state index contributed by atoms with van der Waals surface area (Å²) < 4.78 is 0. The van der Waals surface area contributed by atoms with Gasteiger partial charge in [0.2, 0.25) is 5.91 Å². The summed E-state index contributed by atoms with van der Waals surface area (Å²) in [5.41, 5.74) is 1.24. The van der Waals surface area contributed by atoms with Gasteiger partial charge in [0.25, 0.3) is 5.91 Å². The van der Waals surface area contributed by atoms with Crippen LogP contribution in [0.1, 0.15) is 62.7 Å². The van der Waals surface area contributed by atoms with Crippen molar-refractivity contribution >= 4 is 34.8 Å². The van der Waals surface area contributed by atoms with Gasteiger partial charge in [0.05, 0.1) is 0 Å². The van der Waals surface area contributed by atoms with Crippen molar-refractivity contribution in [2.24, 2.45) is 0 Å². The maximum Gasteiger partial charge on any atom is 0.251 e. The minimum absolute atomic E-state index is 0.0885. The maximum absolute atomic E-state index is 12.0. The lowest BCUT2D eigenvalue weighted by Gasteiger charge is -2.11. The predicted octanol–water partition coefficient (Wildman–Crippen LogP) is 3.61. The van der Waals surface area contributed by atoms with Gasteiger partial charge in [-0.1, -0.05) is 39.2 Å². The Balaban J connectivity index is 2.50. The summed E-state index contributed by atoms with van der Waals surface area (Å²) in [5, 5.41) is 8.73. The number of carbonyl (C=O) groups is 2. The molecule has 2 amide bonds. The molecule has 6 heteroatoms. The molecule has 132 valence electrons.